The van der Waals surface area contributed by atoms with E-state index in [4.69, 9.17) is 9.47 Å². The largest absolute Gasteiger partial charge is 0.468 e. The van der Waals surface area contributed by atoms with Crippen molar-refractivity contribution in [2.45, 2.75) is 25.6 Å². The van der Waals surface area contributed by atoms with Crippen LogP contribution in [0.4, 0.5) is 0 Å². The standard InChI is InChI=1S/C27H24O4P2/c28-24-17-25(29)31-21-14-8-16-23(27(21)26-20(30-24)13-7-15-22(26)32)33(18-9-3-1-4-10-18)19-11-5-2-6-12-19/h1-7,9-13,15-16,25,29H,8,14,17,32H2. The van der Waals surface area contributed by atoms with Gasteiger partial charge in [0.2, 0.25) is 6.29 Å². The Kier molecular flexibility index (Phi) is 6.42. The highest BCUT2D eigenvalue weighted by Gasteiger charge is 2.33. The molecule has 0 radical (unpaired) electrons. The van der Waals surface area contributed by atoms with Crippen LogP contribution in [0.15, 0.2) is 96.0 Å². The molecule has 6 heteroatoms. The van der Waals surface area contributed by atoms with Gasteiger partial charge in [-0.25, -0.2) is 0 Å². The fourth-order valence-corrected chi connectivity index (χ4v) is 7.26. The van der Waals surface area contributed by atoms with Gasteiger partial charge in [0.25, 0.3) is 0 Å². The van der Waals surface area contributed by atoms with Gasteiger partial charge >= 0.3 is 5.97 Å². The highest BCUT2D eigenvalue weighted by atomic mass is 31.1. The molecule has 2 atom stereocenters. The molecule has 1 heterocycles. The molecule has 0 spiro atoms. The first-order chi connectivity index (χ1) is 16.1. The zero-order chi connectivity index (χ0) is 22.8. The molecule has 2 aliphatic rings. The summed E-state index contributed by atoms with van der Waals surface area (Å²) in [7, 11) is 1.85. The molecular formula is C27H24O4P2. The number of allylic oxidation sites excluding steroid dienone is 4. The molecule has 0 bridgehead atoms. The van der Waals surface area contributed by atoms with E-state index in [9.17, 15) is 9.90 Å². The van der Waals surface area contributed by atoms with E-state index in [2.05, 4.69) is 63.8 Å². The lowest BCUT2D eigenvalue weighted by atomic mass is 9.96. The lowest BCUT2D eigenvalue weighted by molar-refractivity contribution is -0.144. The Bertz CT molecular complexity index is 1200. The lowest BCUT2D eigenvalue weighted by Crippen LogP contribution is -2.20. The van der Waals surface area contributed by atoms with Crippen LogP contribution in [0.5, 0.6) is 5.75 Å². The van der Waals surface area contributed by atoms with Gasteiger partial charge in [-0.15, -0.1) is 9.24 Å². The smallest absolute Gasteiger partial charge is 0.317 e. The van der Waals surface area contributed by atoms with Crippen LogP contribution in [0.1, 0.15) is 24.8 Å². The van der Waals surface area contributed by atoms with Crippen molar-refractivity contribution in [3.8, 4) is 5.75 Å². The molecule has 1 N–H and O–H groups in total. The molecule has 1 aliphatic heterocycles. The Morgan fingerprint density at radius 3 is 2.24 bits per heavy atom. The summed E-state index contributed by atoms with van der Waals surface area (Å²) in [5, 5.41) is 15.0. The molecule has 33 heavy (non-hydrogen) atoms. The number of rotatable bonds is 3. The van der Waals surface area contributed by atoms with Gasteiger partial charge < -0.3 is 14.6 Å². The van der Waals surface area contributed by atoms with Crippen LogP contribution < -0.4 is 20.7 Å². The number of aliphatic hydroxyl groups excluding tert-OH is 1. The van der Waals surface area contributed by atoms with Gasteiger partial charge in [0.1, 0.15) is 17.9 Å². The topological polar surface area (TPSA) is 55.8 Å². The first-order valence-corrected chi connectivity index (χ1v) is 12.8. The zero-order valence-electron chi connectivity index (χ0n) is 18.0. The number of hydrogen-bond donors (Lipinski definition) is 1. The van der Waals surface area contributed by atoms with Crippen LogP contribution in [0, 0.1) is 0 Å². The van der Waals surface area contributed by atoms with E-state index in [0.29, 0.717) is 17.9 Å². The third-order valence-electron chi connectivity index (χ3n) is 5.67. The van der Waals surface area contributed by atoms with E-state index in [-0.39, 0.29) is 6.42 Å². The number of fused-ring (bicyclic) bond motifs is 2. The number of carbonyl (C=O) groups excluding carboxylic acids is 1. The van der Waals surface area contributed by atoms with Crippen molar-refractivity contribution in [2.75, 3.05) is 0 Å². The minimum Gasteiger partial charge on any atom is -0.468 e. The van der Waals surface area contributed by atoms with E-state index in [1.54, 1.807) is 0 Å². The fraction of sp³-hybridized carbons (Fsp3) is 0.148. The normalized spacial score (nSPS) is 18.2. The number of ether oxygens (including phenoxy) is 2. The summed E-state index contributed by atoms with van der Waals surface area (Å²) in [6.45, 7) is 0. The Labute approximate surface area is 196 Å². The number of carbonyl (C=O) groups is 1. The molecule has 1 aliphatic carbocycles. The molecule has 0 saturated heterocycles. The summed E-state index contributed by atoms with van der Waals surface area (Å²) in [4.78, 5) is 12.4. The van der Waals surface area contributed by atoms with Gasteiger partial charge in [0.15, 0.2) is 0 Å². The maximum atomic E-state index is 12.4. The van der Waals surface area contributed by atoms with Gasteiger partial charge in [-0.2, -0.15) is 0 Å². The average molecular weight is 474 g/mol. The van der Waals surface area contributed by atoms with Crippen molar-refractivity contribution >= 4 is 44.6 Å². The highest BCUT2D eigenvalue weighted by molar-refractivity contribution is 7.77. The summed E-state index contributed by atoms with van der Waals surface area (Å²) >= 11 is 0. The third kappa shape index (κ3) is 4.52. The minimum absolute atomic E-state index is 0.220. The summed E-state index contributed by atoms with van der Waals surface area (Å²) in [6, 6.07) is 26.6. The first kappa shape index (κ1) is 22.0. The molecule has 0 amide bonds. The van der Waals surface area contributed by atoms with Crippen LogP contribution in [0.2, 0.25) is 0 Å². The van der Waals surface area contributed by atoms with Crippen molar-refractivity contribution in [3.63, 3.8) is 0 Å². The van der Waals surface area contributed by atoms with Crippen LogP contribution in [0.25, 0.3) is 5.57 Å². The van der Waals surface area contributed by atoms with Gasteiger partial charge in [-0.05, 0) is 41.6 Å². The molecular weight excluding hydrogens is 450 g/mol. The van der Waals surface area contributed by atoms with E-state index in [1.807, 2.05) is 30.3 Å². The minimum atomic E-state index is -1.25. The predicted molar refractivity (Wildman–Crippen MR) is 136 cm³/mol. The van der Waals surface area contributed by atoms with Gasteiger partial charge in [-0.3, -0.25) is 4.79 Å². The van der Waals surface area contributed by atoms with Gasteiger partial charge in [-0.1, -0.05) is 78.9 Å². The number of esters is 1. The van der Waals surface area contributed by atoms with Crippen LogP contribution in [-0.2, 0) is 9.53 Å². The maximum Gasteiger partial charge on any atom is 0.317 e. The molecule has 4 nitrogen and oxygen atoms in total. The van der Waals surface area contributed by atoms with Crippen molar-refractivity contribution in [2.24, 2.45) is 0 Å². The van der Waals surface area contributed by atoms with Crippen LogP contribution >= 0.6 is 17.2 Å². The average Bonchev–Trinajstić information content (AvgIpc) is 2.86. The van der Waals surface area contributed by atoms with Crippen LogP contribution in [-0.4, -0.2) is 17.4 Å². The molecule has 166 valence electrons. The second-order valence-electron chi connectivity index (χ2n) is 7.90. The van der Waals surface area contributed by atoms with E-state index in [1.165, 1.54) is 10.6 Å². The lowest BCUT2D eigenvalue weighted by Gasteiger charge is -2.30. The highest BCUT2D eigenvalue weighted by Crippen LogP contribution is 2.54. The number of benzene rings is 3. The molecule has 5 rings (SSSR count). The van der Waals surface area contributed by atoms with E-state index < -0.39 is 20.2 Å². The molecule has 3 aromatic carbocycles. The summed E-state index contributed by atoms with van der Waals surface area (Å²) < 4.78 is 11.7. The molecule has 0 aromatic heterocycles. The maximum absolute atomic E-state index is 12.4. The molecule has 2 unspecified atom stereocenters. The van der Waals surface area contributed by atoms with E-state index >= 15 is 0 Å². The Balaban J connectivity index is 1.76. The number of aliphatic hydroxyl groups is 1. The van der Waals surface area contributed by atoms with Gasteiger partial charge in [0, 0.05) is 17.6 Å². The Morgan fingerprint density at radius 2 is 1.58 bits per heavy atom. The predicted octanol–water partition coefficient (Wildman–Crippen LogP) is 4.35. The third-order valence-corrected chi connectivity index (χ3v) is 8.66. The first-order valence-electron chi connectivity index (χ1n) is 10.9. The summed E-state index contributed by atoms with van der Waals surface area (Å²) in [5.74, 6) is 0.675. The molecule has 0 fully saturated rings. The second-order valence-corrected chi connectivity index (χ2v) is 10.7. The van der Waals surface area contributed by atoms with Gasteiger partial charge in [0.05, 0.1) is 0 Å². The van der Waals surface area contributed by atoms with Crippen molar-refractivity contribution in [1.82, 2.24) is 0 Å². The van der Waals surface area contributed by atoms with Crippen molar-refractivity contribution in [3.05, 3.63) is 102 Å². The monoisotopic (exact) mass is 474 g/mol. The Morgan fingerprint density at radius 1 is 0.909 bits per heavy atom. The quantitative estimate of drug-likeness (QED) is 0.348. The fourth-order valence-electron chi connectivity index (χ4n) is 4.29. The van der Waals surface area contributed by atoms with E-state index in [0.717, 1.165) is 28.2 Å². The Hall–Kier alpha value is -2.77. The second kappa shape index (κ2) is 9.61. The van der Waals surface area contributed by atoms with Crippen molar-refractivity contribution in [1.29, 1.82) is 0 Å². The SMILES string of the molecule is O=C1CC(O)OC2=C(C(P(c3ccccc3)c3ccccc3)=CCC2)c2c(P)cccc2O1. The summed E-state index contributed by atoms with van der Waals surface area (Å²) in [5.41, 5.74) is 1.74. The zero-order valence-corrected chi connectivity index (χ0v) is 20.0. The number of hydrogen-bond acceptors (Lipinski definition) is 4. The van der Waals surface area contributed by atoms with Crippen LogP contribution in [0.3, 0.4) is 0 Å². The molecule has 3 aromatic rings. The van der Waals surface area contributed by atoms with Crippen molar-refractivity contribution < 1.29 is 19.4 Å². The summed E-state index contributed by atoms with van der Waals surface area (Å²) in [6.07, 6.45) is 2.25. The molecule has 0 saturated carbocycles.